The van der Waals surface area contributed by atoms with E-state index in [1.54, 1.807) is 18.2 Å². The molecule has 1 aromatic carbocycles. The maximum Gasteiger partial charge on any atom is 0.303 e. The van der Waals surface area contributed by atoms with Gasteiger partial charge in [-0.3, -0.25) is 9.59 Å². The number of hydrogen-bond donors (Lipinski definition) is 3. The number of carboxylic acids is 1. The van der Waals surface area contributed by atoms with Crippen LogP contribution in [-0.4, -0.2) is 28.6 Å². The number of hydrogen-bond acceptors (Lipinski definition) is 3. The van der Waals surface area contributed by atoms with Crippen LogP contribution in [0, 0.1) is 5.41 Å². The van der Waals surface area contributed by atoms with Gasteiger partial charge in [-0.05, 0) is 36.3 Å². The molecule has 0 saturated heterocycles. The molecule has 0 aromatic heterocycles. The number of carbonyl (C=O) groups is 2. The first-order valence-corrected chi connectivity index (χ1v) is 7.26. The average Bonchev–Trinajstić information content (AvgIpc) is 2.40. The highest BCUT2D eigenvalue weighted by atomic mass is 16.4. The number of carboxylic acid groups (broad SMARTS) is 1. The summed E-state index contributed by atoms with van der Waals surface area (Å²) in [6.07, 6.45) is 3.64. The molecule has 21 heavy (non-hydrogen) atoms. The molecule has 3 N–H and O–H groups in total. The van der Waals surface area contributed by atoms with Gasteiger partial charge in [-0.1, -0.05) is 24.6 Å². The monoisotopic (exact) mass is 291 g/mol. The lowest BCUT2D eigenvalue weighted by Gasteiger charge is -2.40. The minimum Gasteiger partial charge on any atom is -0.508 e. The molecule has 0 unspecified atom stereocenters. The van der Waals surface area contributed by atoms with Crippen LogP contribution in [-0.2, 0) is 16.0 Å². The molecule has 1 saturated carbocycles. The van der Waals surface area contributed by atoms with E-state index in [0.29, 0.717) is 19.4 Å². The summed E-state index contributed by atoms with van der Waals surface area (Å²) in [4.78, 5) is 22.7. The minimum atomic E-state index is -0.807. The lowest BCUT2D eigenvalue weighted by molar-refractivity contribution is -0.141. The standard InChI is InChI=1S/C16H21NO4/c18-13-5-2-1-4-12(13)6-7-14(19)17-11-16(8-3-9-16)10-15(20)21/h1-2,4-5,18H,3,6-11H2,(H,17,19)(H,20,21). The lowest BCUT2D eigenvalue weighted by Crippen LogP contribution is -2.43. The van der Waals surface area contributed by atoms with Crippen molar-refractivity contribution in [2.75, 3.05) is 6.54 Å². The van der Waals surface area contributed by atoms with Crippen molar-refractivity contribution < 1.29 is 19.8 Å². The van der Waals surface area contributed by atoms with Gasteiger partial charge in [-0.15, -0.1) is 0 Å². The highest BCUT2D eigenvalue weighted by Gasteiger charge is 2.39. The third-order valence-corrected chi connectivity index (χ3v) is 4.21. The van der Waals surface area contributed by atoms with Crippen molar-refractivity contribution in [2.45, 2.75) is 38.5 Å². The molecule has 1 amide bonds. The molecular formula is C16H21NO4. The molecule has 1 aromatic rings. The van der Waals surface area contributed by atoms with Gasteiger partial charge in [0.2, 0.25) is 5.91 Å². The van der Waals surface area contributed by atoms with E-state index in [2.05, 4.69) is 5.32 Å². The molecule has 0 atom stereocenters. The van der Waals surface area contributed by atoms with Crippen LogP contribution in [0.1, 0.15) is 37.7 Å². The van der Waals surface area contributed by atoms with Gasteiger partial charge < -0.3 is 15.5 Å². The number of aromatic hydroxyl groups is 1. The summed E-state index contributed by atoms with van der Waals surface area (Å²) < 4.78 is 0. The van der Waals surface area contributed by atoms with E-state index in [1.807, 2.05) is 6.07 Å². The Bertz CT molecular complexity index is 523. The van der Waals surface area contributed by atoms with Gasteiger partial charge in [0, 0.05) is 13.0 Å². The summed E-state index contributed by atoms with van der Waals surface area (Å²) in [5.41, 5.74) is 0.493. The van der Waals surface area contributed by atoms with Gasteiger partial charge >= 0.3 is 5.97 Å². The highest BCUT2D eigenvalue weighted by Crippen LogP contribution is 2.43. The fourth-order valence-corrected chi connectivity index (χ4v) is 2.76. The molecule has 0 heterocycles. The van der Waals surface area contributed by atoms with Gasteiger partial charge in [0.25, 0.3) is 0 Å². The van der Waals surface area contributed by atoms with Crippen LogP contribution in [0.2, 0.25) is 0 Å². The number of carbonyl (C=O) groups excluding carboxylic acids is 1. The topological polar surface area (TPSA) is 86.6 Å². The van der Waals surface area contributed by atoms with Crippen molar-refractivity contribution in [2.24, 2.45) is 5.41 Å². The average molecular weight is 291 g/mol. The number of aryl methyl sites for hydroxylation is 1. The third kappa shape index (κ3) is 4.21. The summed E-state index contributed by atoms with van der Waals surface area (Å²) in [5, 5.41) is 21.4. The Morgan fingerprint density at radius 3 is 2.52 bits per heavy atom. The second-order valence-electron chi connectivity index (χ2n) is 5.83. The quantitative estimate of drug-likeness (QED) is 0.718. The Labute approximate surface area is 124 Å². The van der Waals surface area contributed by atoms with Crippen molar-refractivity contribution in [3.05, 3.63) is 29.8 Å². The Balaban J connectivity index is 1.77. The summed E-state index contributed by atoms with van der Waals surface area (Å²) >= 11 is 0. The van der Waals surface area contributed by atoms with Gasteiger partial charge in [0.15, 0.2) is 0 Å². The van der Waals surface area contributed by atoms with Crippen LogP contribution in [0.3, 0.4) is 0 Å². The predicted octanol–water partition coefficient (Wildman–Crippen LogP) is 2.09. The van der Waals surface area contributed by atoms with E-state index in [9.17, 15) is 14.7 Å². The van der Waals surface area contributed by atoms with Gasteiger partial charge in [-0.25, -0.2) is 0 Å². The number of nitrogens with one attached hydrogen (secondary N) is 1. The molecule has 5 heteroatoms. The van der Waals surface area contributed by atoms with Crippen LogP contribution in [0.15, 0.2) is 24.3 Å². The zero-order valence-electron chi connectivity index (χ0n) is 12.0. The Kier molecular flexibility index (Phi) is 4.83. The molecule has 2 rings (SSSR count). The molecule has 0 aliphatic heterocycles. The molecular weight excluding hydrogens is 270 g/mol. The number of aliphatic carboxylic acids is 1. The van der Waals surface area contributed by atoms with Crippen LogP contribution >= 0.6 is 0 Å². The fourth-order valence-electron chi connectivity index (χ4n) is 2.76. The van der Waals surface area contributed by atoms with Crippen molar-refractivity contribution in [3.63, 3.8) is 0 Å². The number of phenolic OH excluding ortho intramolecular Hbond substituents is 1. The maximum atomic E-state index is 11.9. The first kappa shape index (κ1) is 15.4. The SMILES string of the molecule is O=C(O)CC1(CNC(=O)CCc2ccccc2O)CCC1. The second kappa shape index (κ2) is 6.61. The normalized spacial score (nSPS) is 16.0. The second-order valence-corrected chi connectivity index (χ2v) is 5.83. The fraction of sp³-hybridized carbons (Fsp3) is 0.500. The van der Waals surface area contributed by atoms with Crippen molar-refractivity contribution >= 4 is 11.9 Å². The maximum absolute atomic E-state index is 11.9. The van der Waals surface area contributed by atoms with Crippen LogP contribution in [0.4, 0.5) is 0 Å². The molecule has 0 bridgehead atoms. The molecule has 1 aliphatic rings. The minimum absolute atomic E-state index is 0.102. The summed E-state index contributed by atoms with van der Waals surface area (Å²) in [7, 11) is 0. The van der Waals surface area contributed by atoms with Crippen molar-refractivity contribution in [1.82, 2.24) is 5.32 Å². The lowest BCUT2D eigenvalue weighted by atomic mass is 9.66. The molecule has 1 fully saturated rings. The van der Waals surface area contributed by atoms with Crippen molar-refractivity contribution in [1.29, 1.82) is 0 Å². The van der Waals surface area contributed by atoms with Crippen molar-refractivity contribution in [3.8, 4) is 5.75 Å². The van der Waals surface area contributed by atoms with E-state index < -0.39 is 5.97 Å². The van der Waals surface area contributed by atoms with Crippen LogP contribution < -0.4 is 5.32 Å². The number of rotatable bonds is 7. The summed E-state index contributed by atoms with van der Waals surface area (Å²) in [5.74, 6) is -0.709. The molecule has 114 valence electrons. The number of phenols is 1. The van der Waals surface area contributed by atoms with E-state index in [0.717, 1.165) is 24.8 Å². The molecule has 0 radical (unpaired) electrons. The van der Waals surface area contributed by atoms with Crippen LogP contribution in [0.5, 0.6) is 5.75 Å². The van der Waals surface area contributed by atoms with E-state index in [1.165, 1.54) is 0 Å². The van der Waals surface area contributed by atoms with Gasteiger partial charge in [-0.2, -0.15) is 0 Å². The Hall–Kier alpha value is -2.04. The van der Waals surface area contributed by atoms with E-state index >= 15 is 0 Å². The largest absolute Gasteiger partial charge is 0.508 e. The Morgan fingerprint density at radius 2 is 1.95 bits per heavy atom. The Morgan fingerprint density at radius 1 is 1.24 bits per heavy atom. The number of benzene rings is 1. The summed E-state index contributed by atoms with van der Waals surface area (Å²) in [6.45, 7) is 0.429. The molecule has 1 aliphatic carbocycles. The first-order valence-electron chi connectivity index (χ1n) is 7.26. The zero-order valence-corrected chi connectivity index (χ0v) is 12.0. The number of para-hydroxylation sites is 1. The first-order chi connectivity index (χ1) is 10.0. The number of amides is 1. The molecule has 0 spiro atoms. The predicted molar refractivity (Wildman–Crippen MR) is 78.0 cm³/mol. The zero-order chi connectivity index (χ0) is 15.3. The summed E-state index contributed by atoms with van der Waals surface area (Å²) in [6, 6.07) is 6.96. The van der Waals surface area contributed by atoms with E-state index in [4.69, 9.17) is 5.11 Å². The van der Waals surface area contributed by atoms with Crippen LogP contribution in [0.25, 0.3) is 0 Å². The third-order valence-electron chi connectivity index (χ3n) is 4.21. The smallest absolute Gasteiger partial charge is 0.303 e. The van der Waals surface area contributed by atoms with E-state index in [-0.39, 0.29) is 23.5 Å². The molecule has 5 nitrogen and oxygen atoms in total. The van der Waals surface area contributed by atoms with Gasteiger partial charge in [0.05, 0.1) is 6.42 Å². The van der Waals surface area contributed by atoms with Gasteiger partial charge in [0.1, 0.15) is 5.75 Å². The highest BCUT2D eigenvalue weighted by molar-refractivity contribution is 5.76.